The number of aldehydes is 1. The first-order valence-corrected chi connectivity index (χ1v) is 11.4. The summed E-state index contributed by atoms with van der Waals surface area (Å²) in [5.41, 5.74) is 3.95. The zero-order chi connectivity index (χ0) is 24.9. The zero-order valence-electron chi connectivity index (χ0n) is 20.1. The van der Waals surface area contributed by atoms with Gasteiger partial charge < -0.3 is 14.6 Å². The number of hydrogen-bond donors (Lipinski definition) is 1. The highest BCUT2D eigenvalue weighted by molar-refractivity contribution is 5.89. The largest absolute Gasteiger partial charge is 0.573 e. The van der Waals surface area contributed by atoms with Gasteiger partial charge in [-0.15, -0.1) is 13.2 Å². The van der Waals surface area contributed by atoms with E-state index in [1.54, 1.807) is 6.07 Å². The maximum atomic E-state index is 12.5. The van der Waals surface area contributed by atoms with E-state index in [1.165, 1.54) is 24.3 Å². The Morgan fingerprint density at radius 1 is 1.09 bits per heavy atom. The van der Waals surface area contributed by atoms with E-state index in [4.69, 9.17) is 4.98 Å². The maximum Gasteiger partial charge on any atom is 0.573 e. The van der Waals surface area contributed by atoms with Crippen molar-refractivity contribution in [3.8, 4) is 5.75 Å². The van der Waals surface area contributed by atoms with Crippen molar-refractivity contribution in [2.24, 2.45) is 10.8 Å². The van der Waals surface area contributed by atoms with Crippen LogP contribution in [-0.2, 0) is 0 Å². The van der Waals surface area contributed by atoms with Crippen molar-refractivity contribution in [2.45, 2.75) is 66.3 Å². The number of anilines is 2. The predicted molar refractivity (Wildman–Crippen MR) is 127 cm³/mol. The van der Waals surface area contributed by atoms with E-state index in [-0.39, 0.29) is 22.6 Å². The molecule has 2 aromatic carbocycles. The number of nitrogens with one attached hydrogen (secondary N) is 1. The lowest BCUT2D eigenvalue weighted by Gasteiger charge is -2.45. The lowest BCUT2D eigenvalue weighted by atomic mass is 9.63. The van der Waals surface area contributed by atoms with Crippen LogP contribution < -0.4 is 10.1 Å². The number of hydrogen-bond acceptors (Lipinski definition) is 4. The lowest BCUT2D eigenvalue weighted by molar-refractivity contribution is -0.274. The van der Waals surface area contributed by atoms with Crippen molar-refractivity contribution in [1.29, 1.82) is 0 Å². The molecular weight excluding hydrogens is 443 g/mol. The fraction of sp³-hybridized carbons (Fsp3) is 0.462. The van der Waals surface area contributed by atoms with Gasteiger partial charge in [0.25, 0.3) is 0 Å². The summed E-state index contributed by atoms with van der Waals surface area (Å²) >= 11 is 0. The van der Waals surface area contributed by atoms with E-state index in [0.717, 1.165) is 36.6 Å². The average Bonchev–Trinajstić information content (AvgIpc) is 3.02. The quantitative estimate of drug-likeness (QED) is 0.388. The summed E-state index contributed by atoms with van der Waals surface area (Å²) in [6.07, 6.45) is -0.877. The number of benzene rings is 2. The molecule has 0 radical (unpaired) electrons. The van der Waals surface area contributed by atoms with Gasteiger partial charge in [0, 0.05) is 17.3 Å². The molecule has 1 aliphatic rings. The van der Waals surface area contributed by atoms with Crippen molar-refractivity contribution in [3.63, 3.8) is 0 Å². The highest BCUT2D eigenvalue weighted by atomic mass is 19.4. The predicted octanol–water partition coefficient (Wildman–Crippen LogP) is 7.58. The smallest absolute Gasteiger partial charge is 0.406 e. The Hall–Kier alpha value is -3.03. The molecule has 8 heteroatoms. The molecule has 0 amide bonds. The SMILES string of the molecule is Cc1cc2c(cc1C=O)nc(Nc1ccc(OC(F)(F)F)cc1)n2C1CC(C)(C)CC(C)(C)C1. The maximum absolute atomic E-state index is 12.5. The highest BCUT2D eigenvalue weighted by Gasteiger charge is 2.40. The third-order valence-electron chi connectivity index (χ3n) is 6.45. The molecule has 0 saturated heterocycles. The first-order valence-electron chi connectivity index (χ1n) is 11.4. The molecule has 182 valence electrons. The molecule has 1 N–H and O–H groups in total. The minimum Gasteiger partial charge on any atom is -0.406 e. The number of aromatic nitrogens is 2. The number of imidazole rings is 1. The summed E-state index contributed by atoms with van der Waals surface area (Å²) in [5.74, 6) is 0.314. The first-order chi connectivity index (χ1) is 15.8. The minimum absolute atomic E-state index is 0.134. The number of aryl methyl sites for hydroxylation is 1. The Bertz CT molecular complexity index is 1190. The van der Waals surface area contributed by atoms with Crippen molar-refractivity contribution in [3.05, 3.63) is 47.5 Å². The van der Waals surface area contributed by atoms with Gasteiger partial charge in [-0.3, -0.25) is 4.79 Å². The van der Waals surface area contributed by atoms with Gasteiger partial charge in [-0.1, -0.05) is 27.7 Å². The molecule has 0 unspecified atom stereocenters. The molecule has 0 bridgehead atoms. The molecule has 1 saturated carbocycles. The zero-order valence-corrected chi connectivity index (χ0v) is 20.1. The van der Waals surface area contributed by atoms with E-state index in [2.05, 4.69) is 42.3 Å². The summed E-state index contributed by atoms with van der Waals surface area (Å²) < 4.78 is 43.7. The Morgan fingerprint density at radius 2 is 1.71 bits per heavy atom. The molecule has 0 atom stereocenters. The van der Waals surface area contributed by atoms with Crippen LogP contribution in [-0.4, -0.2) is 22.2 Å². The Balaban J connectivity index is 1.77. The molecule has 0 aliphatic heterocycles. The van der Waals surface area contributed by atoms with Gasteiger partial charge >= 0.3 is 6.36 Å². The van der Waals surface area contributed by atoms with Crippen molar-refractivity contribution < 1.29 is 22.7 Å². The number of carbonyl (C=O) groups excluding carboxylic acids is 1. The second kappa shape index (κ2) is 8.32. The number of halogens is 3. The number of ether oxygens (including phenoxy) is 1. The van der Waals surface area contributed by atoms with Gasteiger partial charge in [0.15, 0.2) is 0 Å². The molecule has 34 heavy (non-hydrogen) atoms. The number of alkyl halides is 3. The van der Waals surface area contributed by atoms with E-state index in [9.17, 15) is 18.0 Å². The van der Waals surface area contributed by atoms with Crippen LogP contribution in [0.4, 0.5) is 24.8 Å². The molecule has 4 rings (SSSR count). The number of fused-ring (bicyclic) bond motifs is 1. The molecule has 3 aromatic rings. The van der Waals surface area contributed by atoms with Crippen molar-refractivity contribution in [2.75, 3.05) is 5.32 Å². The van der Waals surface area contributed by atoms with Gasteiger partial charge in [-0.05, 0) is 79.0 Å². The van der Waals surface area contributed by atoms with Crippen LogP contribution in [0.3, 0.4) is 0 Å². The van der Waals surface area contributed by atoms with Crippen LogP contribution in [0.15, 0.2) is 36.4 Å². The van der Waals surface area contributed by atoms with Gasteiger partial charge in [0.05, 0.1) is 11.0 Å². The minimum atomic E-state index is -4.74. The Labute approximate surface area is 197 Å². The molecule has 1 aromatic heterocycles. The molecular formula is C26H30F3N3O2. The van der Waals surface area contributed by atoms with Crippen LogP contribution in [0.25, 0.3) is 11.0 Å². The second-order valence-corrected chi connectivity index (χ2v) is 10.9. The summed E-state index contributed by atoms with van der Waals surface area (Å²) in [6.45, 7) is 11.0. The Morgan fingerprint density at radius 3 is 2.26 bits per heavy atom. The molecule has 1 fully saturated rings. The topological polar surface area (TPSA) is 56.1 Å². The third kappa shape index (κ3) is 5.21. The van der Waals surface area contributed by atoms with Gasteiger partial charge in [-0.25, -0.2) is 4.98 Å². The van der Waals surface area contributed by atoms with E-state index in [1.807, 2.05) is 13.0 Å². The van der Waals surface area contributed by atoms with Crippen LogP contribution >= 0.6 is 0 Å². The second-order valence-electron chi connectivity index (χ2n) is 10.9. The number of carbonyl (C=O) groups is 1. The van der Waals surface area contributed by atoms with Crippen molar-refractivity contribution >= 4 is 29.0 Å². The summed E-state index contributed by atoms with van der Waals surface area (Å²) in [7, 11) is 0. The summed E-state index contributed by atoms with van der Waals surface area (Å²) in [4.78, 5) is 16.3. The first kappa shape index (κ1) is 24.1. The summed E-state index contributed by atoms with van der Waals surface area (Å²) in [6, 6.07) is 9.54. The molecule has 1 aliphatic carbocycles. The number of rotatable bonds is 5. The van der Waals surface area contributed by atoms with Gasteiger partial charge in [-0.2, -0.15) is 0 Å². The highest BCUT2D eigenvalue weighted by Crippen LogP contribution is 2.51. The third-order valence-corrected chi connectivity index (χ3v) is 6.45. The van der Waals surface area contributed by atoms with E-state index < -0.39 is 6.36 Å². The summed E-state index contributed by atoms with van der Waals surface area (Å²) in [5, 5.41) is 3.29. The standard InChI is InChI=1S/C26H30F3N3O2/c1-16-10-22-21(11-17(16)14-33)31-23(30-18-6-8-20(9-7-18)34-26(27,28)29)32(22)19-12-24(2,3)15-25(4,5)13-19/h6-11,14,19H,12-13,15H2,1-5H3,(H,30,31). The lowest BCUT2D eigenvalue weighted by Crippen LogP contribution is -2.35. The monoisotopic (exact) mass is 473 g/mol. The van der Waals surface area contributed by atoms with Crippen LogP contribution in [0.1, 0.15) is 68.9 Å². The molecule has 0 spiro atoms. The molecule has 1 heterocycles. The Kier molecular flexibility index (Phi) is 5.90. The normalized spacial score (nSPS) is 18.1. The van der Waals surface area contributed by atoms with Gasteiger partial charge in [0.1, 0.15) is 12.0 Å². The van der Waals surface area contributed by atoms with Crippen molar-refractivity contribution in [1.82, 2.24) is 9.55 Å². The van der Waals surface area contributed by atoms with E-state index in [0.29, 0.717) is 22.7 Å². The average molecular weight is 474 g/mol. The molecule has 5 nitrogen and oxygen atoms in total. The van der Waals surface area contributed by atoms with Crippen LogP contribution in [0, 0.1) is 17.8 Å². The van der Waals surface area contributed by atoms with Crippen LogP contribution in [0.5, 0.6) is 5.75 Å². The van der Waals surface area contributed by atoms with Gasteiger partial charge in [0.2, 0.25) is 5.95 Å². The number of nitrogens with zero attached hydrogens (tertiary/aromatic N) is 2. The fourth-order valence-electron chi connectivity index (χ4n) is 5.69. The fourth-order valence-corrected chi connectivity index (χ4v) is 5.69. The van der Waals surface area contributed by atoms with Crippen LogP contribution in [0.2, 0.25) is 0 Å². The van der Waals surface area contributed by atoms with E-state index >= 15 is 0 Å².